The van der Waals surface area contributed by atoms with Crippen molar-refractivity contribution in [1.82, 2.24) is 9.47 Å². The Morgan fingerprint density at radius 1 is 1.35 bits per heavy atom. The van der Waals surface area contributed by atoms with E-state index in [-0.39, 0.29) is 5.91 Å². The van der Waals surface area contributed by atoms with Crippen molar-refractivity contribution in [2.75, 3.05) is 26.3 Å². The minimum absolute atomic E-state index is 0.0794. The Bertz CT molecular complexity index is 593. The van der Waals surface area contributed by atoms with Crippen LogP contribution in [0.25, 0.3) is 11.1 Å². The standard InChI is InChI=1S/C15H20N2O3/c1-2-3-5-17-12-4-8-20-14(12)11-13(17)15(18)16-6-9-19-10-7-16/h4,8,11H,2-3,5-7,9-10H2,1H3. The topological polar surface area (TPSA) is 47.6 Å². The van der Waals surface area contributed by atoms with Gasteiger partial charge < -0.3 is 18.6 Å². The van der Waals surface area contributed by atoms with Crippen molar-refractivity contribution in [2.24, 2.45) is 0 Å². The van der Waals surface area contributed by atoms with Crippen LogP contribution in [0.2, 0.25) is 0 Å². The molecule has 0 bridgehead atoms. The lowest BCUT2D eigenvalue weighted by Gasteiger charge is -2.27. The summed E-state index contributed by atoms with van der Waals surface area (Å²) in [5.41, 5.74) is 2.53. The molecule has 20 heavy (non-hydrogen) atoms. The second kappa shape index (κ2) is 5.71. The predicted molar refractivity (Wildman–Crippen MR) is 75.8 cm³/mol. The highest BCUT2D eigenvalue weighted by atomic mass is 16.5. The summed E-state index contributed by atoms with van der Waals surface area (Å²) in [6.07, 6.45) is 3.83. The average Bonchev–Trinajstić information content (AvgIpc) is 3.06. The number of fused-ring (bicyclic) bond motifs is 1. The molecule has 5 nitrogen and oxygen atoms in total. The first-order valence-electron chi connectivity index (χ1n) is 7.25. The van der Waals surface area contributed by atoms with Crippen LogP contribution in [0.3, 0.4) is 0 Å². The van der Waals surface area contributed by atoms with Gasteiger partial charge in [-0.1, -0.05) is 13.3 Å². The van der Waals surface area contributed by atoms with Crippen molar-refractivity contribution in [3.05, 3.63) is 24.1 Å². The molecule has 0 aliphatic carbocycles. The van der Waals surface area contributed by atoms with Crippen molar-refractivity contribution >= 4 is 17.0 Å². The Morgan fingerprint density at radius 2 is 2.15 bits per heavy atom. The zero-order valence-corrected chi connectivity index (χ0v) is 11.8. The maximum Gasteiger partial charge on any atom is 0.270 e. The lowest BCUT2D eigenvalue weighted by molar-refractivity contribution is 0.0296. The fourth-order valence-corrected chi connectivity index (χ4v) is 2.64. The van der Waals surface area contributed by atoms with Crippen molar-refractivity contribution in [3.8, 4) is 0 Å². The number of carbonyl (C=O) groups is 1. The summed E-state index contributed by atoms with van der Waals surface area (Å²) in [4.78, 5) is 14.5. The smallest absolute Gasteiger partial charge is 0.270 e. The van der Waals surface area contributed by atoms with Gasteiger partial charge in [0.25, 0.3) is 5.91 Å². The van der Waals surface area contributed by atoms with Gasteiger partial charge in [-0.2, -0.15) is 0 Å². The van der Waals surface area contributed by atoms with E-state index in [0.717, 1.165) is 36.2 Å². The van der Waals surface area contributed by atoms with Crippen LogP contribution in [0, 0.1) is 0 Å². The Kier molecular flexibility index (Phi) is 3.78. The molecule has 0 spiro atoms. The van der Waals surface area contributed by atoms with Crippen molar-refractivity contribution in [2.45, 2.75) is 26.3 Å². The van der Waals surface area contributed by atoms with E-state index in [9.17, 15) is 4.79 Å². The molecule has 1 saturated heterocycles. The zero-order chi connectivity index (χ0) is 13.9. The molecular weight excluding hydrogens is 256 g/mol. The molecule has 0 aromatic carbocycles. The molecule has 5 heteroatoms. The first kappa shape index (κ1) is 13.2. The SMILES string of the molecule is CCCCn1c(C(=O)N2CCOCC2)cc2occc21. The van der Waals surface area contributed by atoms with E-state index in [0.29, 0.717) is 26.3 Å². The Hall–Kier alpha value is -1.75. The maximum absolute atomic E-state index is 12.7. The van der Waals surface area contributed by atoms with Gasteiger partial charge >= 0.3 is 0 Å². The van der Waals surface area contributed by atoms with E-state index in [1.807, 2.05) is 17.0 Å². The zero-order valence-electron chi connectivity index (χ0n) is 11.8. The highest BCUT2D eigenvalue weighted by molar-refractivity contribution is 5.97. The summed E-state index contributed by atoms with van der Waals surface area (Å²) < 4.78 is 12.8. The molecule has 1 aliphatic rings. The van der Waals surface area contributed by atoms with Crippen LogP contribution in [0.4, 0.5) is 0 Å². The van der Waals surface area contributed by atoms with E-state index in [1.54, 1.807) is 6.26 Å². The van der Waals surface area contributed by atoms with Gasteiger partial charge in [0.15, 0.2) is 5.58 Å². The Morgan fingerprint density at radius 3 is 2.90 bits per heavy atom. The van der Waals surface area contributed by atoms with Gasteiger partial charge in [0.05, 0.1) is 25.0 Å². The number of amides is 1. The number of furan rings is 1. The van der Waals surface area contributed by atoms with Crippen LogP contribution in [0.5, 0.6) is 0 Å². The minimum Gasteiger partial charge on any atom is -0.463 e. The fourth-order valence-electron chi connectivity index (χ4n) is 2.64. The van der Waals surface area contributed by atoms with Crippen LogP contribution >= 0.6 is 0 Å². The summed E-state index contributed by atoms with van der Waals surface area (Å²) >= 11 is 0. The number of hydrogen-bond donors (Lipinski definition) is 0. The first-order chi connectivity index (χ1) is 9.81. The van der Waals surface area contributed by atoms with Crippen LogP contribution in [0.1, 0.15) is 30.3 Å². The van der Waals surface area contributed by atoms with Crippen LogP contribution in [-0.4, -0.2) is 41.7 Å². The van der Waals surface area contributed by atoms with E-state index in [4.69, 9.17) is 9.15 Å². The number of hydrogen-bond acceptors (Lipinski definition) is 3. The molecule has 1 amide bonds. The third kappa shape index (κ3) is 2.33. The van der Waals surface area contributed by atoms with Gasteiger partial charge in [0.2, 0.25) is 0 Å². The molecule has 3 rings (SSSR count). The van der Waals surface area contributed by atoms with Crippen LogP contribution < -0.4 is 0 Å². The number of carbonyl (C=O) groups excluding carboxylic acids is 1. The number of ether oxygens (including phenoxy) is 1. The molecule has 0 radical (unpaired) electrons. The van der Waals surface area contributed by atoms with Gasteiger partial charge in [0.1, 0.15) is 5.69 Å². The van der Waals surface area contributed by atoms with Gasteiger partial charge in [0, 0.05) is 31.8 Å². The number of aryl methyl sites for hydroxylation is 1. The molecule has 2 aromatic heterocycles. The minimum atomic E-state index is 0.0794. The number of morpholine rings is 1. The molecule has 1 aliphatic heterocycles. The molecule has 0 N–H and O–H groups in total. The molecular formula is C15H20N2O3. The summed E-state index contributed by atoms with van der Waals surface area (Å²) in [6, 6.07) is 3.80. The normalized spacial score (nSPS) is 15.9. The lowest BCUT2D eigenvalue weighted by Crippen LogP contribution is -2.41. The Labute approximate surface area is 118 Å². The van der Waals surface area contributed by atoms with Crippen molar-refractivity contribution in [1.29, 1.82) is 0 Å². The summed E-state index contributed by atoms with van der Waals surface area (Å²) in [7, 11) is 0. The highest BCUT2D eigenvalue weighted by Crippen LogP contribution is 2.23. The van der Waals surface area contributed by atoms with Gasteiger partial charge in [-0.3, -0.25) is 4.79 Å². The van der Waals surface area contributed by atoms with Gasteiger partial charge in [-0.05, 0) is 6.42 Å². The third-order valence-electron chi connectivity index (χ3n) is 3.78. The number of nitrogens with zero attached hydrogens (tertiary/aromatic N) is 2. The molecule has 0 saturated carbocycles. The fraction of sp³-hybridized carbons (Fsp3) is 0.533. The summed E-state index contributed by atoms with van der Waals surface area (Å²) in [5, 5.41) is 0. The van der Waals surface area contributed by atoms with Crippen molar-refractivity contribution < 1.29 is 13.9 Å². The van der Waals surface area contributed by atoms with E-state index in [2.05, 4.69) is 11.5 Å². The lowest BCUT2D eigenvalue weighted by atomic mass is 10.3. The second-order valence-corrected chi connectivity index (χ2v) is 5.11. The monoisotopic (exact) mass is 276 g/mol. The largest absolute Gasteiger partial charge is 0.463 e. The molecule has 1 fully saturated rings. The van der Waals surface area contributed by atoms with Crippen LogP contribution in [-0.2, 0) is 11.3 Å². The average molecular weight is 276 g/mol. The van der Waals surface area contributed by atoms with E-state index < -0.39 is 0 Å². The number of rotatable bonds is 4. The first-order valence-corrected chi connectivity index (χ1v) is 7.25. The molecule has 2 aromatic rings. The molecule has 0 unspecified atom stereocenters. The number of unbranched alkanes of at least 4 members (excludes halogenated alkanes) is 1. The summed E-state index contributed by atoms with van der Waals surface area (Å²) in [5.74, 6) is 0.0794. The van der Waals surface area contributed by atoms with E-state index >= 15 is 0 Å². The quantitative estimate of drug-likeness (QED) is 0.862. The molecule has 3 heterocycles. The molecule has 0 atom stereocenters. The maximum atomic E-state index is 12.7. The highest BCUT2D eigenvalue weighted by Gasteiger charge is 2.23. The summed E-state index contributed by atoms with van der Waals surface area (Å²) in [6.45, 7) is 5.58. The van der Waals surface area contributed by atoms with Crippen LogP contribution in [0.15, 0.2) is 22.8 Å². The van der Waals surface area contributed by atoms with Gasteiger partial charge in [-0.25, -0.2) is 0 Å². The van der Waals surface area contributed by atoms with Gasteiger partial charge in [-0.15, -0.1) is 0 Å². The van der Waals surface area contributed by atoms with E-state index in [1.165, 1.54) is 0 Å². The predicted octanol–water partition coefficient (Wildman–Crippen LogP) is 2.51. The van der Waals surface area contributed by atoms with Crippen molar-refractivity contribution in [3.63, 3.8) is 0 Å². The second-order valence-electron chi connectivity index (χ2n) is 5.11. The third-order valence-corrected chi connectivity index (χ3v) is 3.78. The molecule has 108 valence electrons. The number of aromatic nitrogens is 1. The Balaban J connectivity index is 1.92.